The van der Waals surface area contributed by atoms with E-state index < -0.39 is 113 Å². The minimum absolute atomic E-state index is 0.0477. The first-order chi connectivity index (χ1) is 33.6. The van der Waals surface area contributed by atoms with Crippen molar-refractivity contribution in [3.63, 3.8) is 0 Å². The third kappa shape index (κ3) is 16.7. The van der Waals surface area contributed by atoms with E-state index in [-0.39, 0.29) is 12.8 Å². The minimum Gasteiger partial charge on any atom is -0.467 e. The Bertz CT molecular complexity index is 2260. The maximum Gasteiger partial charge on any atom is 0.408 e. The van der Waals surface area contributed by atoms with E-state index in [2.05, 4.69) is 63.5 Å². The van der Waals surface area contributed by atoms with Crippen molar-refractivity contribution < 1.29 is 47.8 Å². The van der Waals surface area contributed by atoms with Crippen LogP contribution in [-0.4, -0.2) is 96.5 Å². The number of ether oxygens (including phenoxy) is 2. The molecule has 0 heterocycles. The molecule has 3 aromatic rings. The lowest BCUT2D eigenvalue weighted by molar-refractivity contribution is -0.145. The van der Waals surface area contributed by atoms with Gasteiger partial charge in [-0.05, 0) is 57.2 Å². The highest BCUT2D eigenvalue weighted by atomic mass is 16.6. The molecule has 0 aliphatic heterocycles. The first-order valence-electron chi connectivity index (χ1n) is 23.2. The molecule has 0 fully saturated rings. The van der Waals surface area contributed by atoms with Gasteiger partial charge in [-0.3, -0.25) is 28.8 Å². The molecule has 0 radical (unpaired) electrons. The third-order valence-electron chi connectivity index (χ3n) is 11.3. The summed E-state index contributed by atoms with van der Waals surface area (Å²) in [7, 11) is 1.14. The summed E-state index contributed by atoms with van der Waals surface area (Å²) >= 11 is 0. The van der Waals surface area contributed by atoms with Gasteiger partial charge >= 0.3 is 12.1 Å². The van der Waals surface area contributed by atoms with Crippen molar-refractivity contribution in [1.29, 1.82) is 0 Å². The molecular weight excluding hydrogens is 907 g/mol. The summed E-state index contributed by atoms with van der Waals surface area (Å²) in [6.07, 6.45) is 3.86. The molecule has 3 rings (SSSR count). The number of rotatable bonds is 26. The highest BCUT2D eigenvalue weighted by Crippen LogP contribution is 2.37. The Balaban J connectivity index is 1.96. The number of benzene rings is 3. The van der Waals surface area contributed by atoms with Gasteiger partial charge in [0, 0.05) is 11.8 Å². The highest BCUT2D eigenvalue weighted by molar-refractivity contribution is 5.98. The number of esters is 1. The second-order valence-electron chi connectivity index (χ2n) is 17.9. The number of carbonyl (C=O) groups is 8. The van der Waals surface area contributed by atoms with Gasteiger partial charge in [0.1, 0.15) is 47.4 Å². The molecular formula is C54H69N7O10. The van der Waals surface area contributed by atoms with Crippen molar-refractivity contribution in [3.05, 3.63) is 158 Å². The van der Waals surface area contributed by atoms with E-state index >= 15 is 0 Å². The average molecular weight is 976 g/mol. The maximum atomic E-state index is 14.6. The van der Waals surface area contributed by atoms with Gasteiger partial charge in [-0.2, -0.15) is 0 Å². The minimum atomic E-state index is -1.65. The molecule has 0 saturated heterocycles. The highest BCUT2D eigenvalue weighted by Gasteiger charge is 2.40. The van der Waals surface area contributed by atoms with Crippen molar-refractivity contribution in [2.24, 2.45) is 11.8 Å². The molecule has 0 aliphatic carbocycles. The van der Waals surface area contributed by atoms with Gasteiger partial charge in [0.25, 0.3) is 0 Å². The van der Waals surface area contributed by atoms with Crippen LogP contribution in [-0.2, 0) is 48.6 Å². The Kier molecular flexibility index (Phi) is 22.2. The van der Waals surface area contributed by atoms with Crippen molar-refractivity contribution >= 4 is 47.5 Å². The fourth-order valence-electron chi connectivity index (χ4n) is 7.39. The third-order valence-corrected chi connectivity index (χ3v) is 11.3. The molecule has 3 aromatic carbocycles. The number of amides is 7. The molecule has 0 aliphatic rings. The summed E-state index contributed by atoms with van der Waals surface area (Å²) in [6.45, 7) is 24.5. The maximum absolute atomic E-state index is 14.6. The lowest BCUT2D eigenvalue weighted by atomic mass is 9.77. The summed E-state index contributed by atoms with van der Waals surface area (Å²) in [5.41, 5.74) is -0.0819. The van der Waals surface area contributed by atoms with Gasteiger partial charge in [0.2, 0.25) is 35.4 Å². The molecule has 380 valence electrons. The van der Waals surface area contributed by atoms with E-state index in [0.29, 0.717) is 16.7 Å². The van der Waals surface area contributed by atoms with Crippen LogP contribution in [0.2, 0.25) is 0 Å². The first kappa shape index (κ1) is 57.5. The molecule has 17 heteroatoms. The van der Waals surface area contributed by atoms with E-state index in [4.69, 9.17) is 9.47 Å². The second-order valence-corrected chi connectivity index (χ2v) is 17.9. The van der Waals surface area contributed by atoms with Crippen LogP contribution >= 0.6 is 0 Å². The molecule has 8 atom stereocenters. The molecule has 7 N–H and O–H groups in total. The Morgan fingerprint density at radius 1 is 0.535 bits per heavy atom. The van der Waals surface area contributed by atoms with E-state index in [9.17, 15) is 38.4 Å². The molecule has 0 aromatic heterocycles. The number of hydrogen-bond donors (Lipinski definition) is 7. The van der Waals surface area contributed by atoms with Crippen LogP contribution in [0.4, 0.5) is 4.79 Å². The molecule has 0 spiro atoms. The smallest absolute Gasteiger partial charge is 0.408 e. The topological polar surface area (TPSA) is 239 Å². The Labute approximate surface area is 416 Å². The van der Waals surface area contributed by atoms with Gasteiger partial charge in [0.05, 0.1) is 13.5 Å². The Hall–Kier alpha value is -7.82. The summed E-state index contributed by atoms with van der Waals surface area (Å²) in [5.74, 6) is -7.01. The Morgan fingerprint density at radius 3 is 1.38 bits per heavy atom. The fraction of sp³-hybridized carbons (Fsp3) is 0.370. The lowest BCUT2D eigenvalue weighted by Crippen LogP contribution is -2.60. The lowest BCUT2D eigenvalue weighted by Gasteiger charge is -2.37. The van der Waals surface area contributed by atoms with E-state index in [0.717, 1.165) is 7.11 Å². The van der Waals surface area contributed by atoms with Crippen LogP contribution in [0.15, 0.2) is 142 Å². The van der Waals surface area contributed by atoms with Crippen molar-refractivity contribution in [2.75, 3.05) is 7.11 Å². The van der Waals surface area contributed by atoms with Gasteiger partial charge < -0.3 is 46.7 Å². The molecule has 0 saturated carbocycles. The predicted octanol–water partition coefficient (Wildman–Crippen LogP) is 4.79. The molecule has 0 unspecified atom stereocenters. The molecule has 17 nitrogen and oxygen atoms in total. The van der Waals surface area contributed by atoms with E-state index in [1.807, 2.05) is 91.0 Å². The molecule has 7 amide bonds. The van der Waals surface area contributed by atoms with Crippen LogP contribution < -0.4 is 37.2 Å². The van der Waals surface area contributed by atoms with Crippen LogP contribution in [0.25, 0.3) is 0 Å². The number of nitrogens with one attached hydrogen (secondary N) is 7. The van der Waals surface area contributed by atoms with Gasteiger partial charge in [-0.1, -0.05) is 129 Å². The second kappa shape index (κ2) is 27.4. The summed E-state index contributed by atoms with van der Waals surface area (Å²) in [6, 6.07) is 19.6. The normalized spacial score (nSPS) is 14.5. The summed E-state index contributed by atoms with van der Waals surface area (Å²) in [5, 5.41) is 18.6. The monoisotopic (exact) mass is 976 g/mol. The van der Waals surface area contributed by atoms with Gasteiger partial charge in [0.15, 0.2) is 0 Å². The standard InChI is InChI=1S/C54H69N7O10/c1-12-25-40(56-50(67)44(34(5)14-3)59-46(63)36(7)55-49(66)45(35(6)15-4)60-52(69)71-53(8,9)10)47(64)58-42(48(65)57-41(26-13-2)51(68)70-11)33-43(62)61-54(37-27-19-16-20-28-37,38-29-21-17-22-30-38)39-31-23-18-24-32-39/h12-24,27-32,34-36,40-42,44-45H,1-4,25-26,33H2,5-11H3,(H,55,66)(H,56,67)(H,57,65)(H,58,64)(H,59,63)(H,60,69)(H,61,62)/t34-,35-,36+,40+,41+,42+,44-,45-/m1/s1. The predicted molar refractivity (Wildman–Crippen MR) is 271 cm³/mol. The van der Waals surface area contributed by atoms with E-state index in [1.165, 1.54) is 31.2 Å². The van der Waals surface area contributed by atoms with Crippen LogP contribution in [0.5, 0.6) is 0 Å². The zero-order chi connectivity index (χ0) is 52.9. The number of alkyl carbamates (subject to hydrolysis) is 1. The largest absolute Gasteiger partial charge is 0.467 e. The number of methoxy groups -OCH3 is 1. The molecule has 71 heavy (non-hydrogen) atoms. The summed E-state index contributed by atoms with van der Waals surface area (Å²) < 4.78 is 10.2. The van der Waals surface area contributed by atoms with Gasteiger partial charge in [-0.15, -0.1) is 26.3 Å². The quantitative estimate of drug-likeness (QED) is 0.0330. The number of carbonyl (C=O) groups excluding carboxylic acids is 8. The Morgan fingerprint density at radius 2 is 0.944 bits per heavy atom. The fourth-order valence-corrected chi connectivity index (χ4v) is 7.39. The number of hydrogen-bond acceptors (Lipinski definition) is 10. The average Bonchev–Trinajstić information content (AvgIpc) is 3.35. The van der Waals surface area contributed by atoms with Crippen LogP contribution in [0.1, 0.15) is 77.5 Å². The summed E-state index contributed by atoms with van der Waals surface area (Å²) in [4.78, 5) is 110. The van der Waals surface area contributed by atoms with Gasteiger partial charge in [-0.25, -0.2) is 9.59 Å². The zero-order valence-electron chi connectivity index (χ0n) is 41.6. The van der Waals surface area contributed by atoms with Crippen LogP contribution in [0, 0.1) is 11.8 Å². The van der Waals surface area contributed by atoms with Crippen molar-refractivity contribution in [3.8, 4) is 0 Å². The van der Waals surface area contributed by atoms with Crippen molar-refractivity contribution in [2.45, 2.75) is 108 Å². The van der Waals surface area contributed by atoms with Crippen LogP contribution in [0.3, 0.4) is 0 Å². The first-order valence-corrected chi connectivity index (χ1v) is 23.2. The van der Waals surface area contributed by atoms with E-state index in [1.54, 1.807) is 34.6 Å². The van der Waals surface area contributed by atoms with Crippen molar-refractivity contribution in [1.82, 2.24) is 37.2 Å². The zero-order valence-corrected chi connectivity index (χ0v) is 41.6. The SMILES string of the molecule is C=CC[C@H](NC(=O)[C@H](NC(=O)[C@H](C)NC(=O)[C@H](NC(=O)OC(C)(C)C)[C@H](C)C=C)[C@H](C)C=C)C(=O)N[C@@H](CC(=O)NC(c1ccccc1)(c1ccccc1)c1ccccc1)C(=O)N[C@@H](CC=C)C(=O)OC. The molecule has 0 bridgehead atoms.